The van der Waals surface area contributed by atoms with Gasteiger partial charge in [-0.3, -0.25) is 4.79 Å². The quantitative estimate of drug-likeness (QED) is 0.896. The third-order valence-electron chi connectivity index (χ3n) is 3.83. The van der Waals surface area contributed by atoms with Crippen LogP contribution in [0.5, 0.6) is 5.75 Å². The van der Waals surface area contributed by atoms with E-state index < -0.39 is 10.0 Å². The Kier molecular flexibility index (Phi) is 5.31. The summed E-state index contributed by atoms with van der Waals surface area (Å²) in [7, 11) is -0.544. The molecule has 0 aromatic heterocycles. The zero-order chi connectivity index (χ0) is 16.3. The number of benzene rings is 1. The van der Waals surface area contributed by atoms with Crippen molar-refractivity contribution in [3.8, 4) is 5.75 Å². The van der Waals surface area contributed by atoms with Crippen molar-refractivity contribution in [3.63, 3.8) is 0 Å². The molecule has 1 aromatic carbocycles. The number of piperidine rings is 1. The molecule has 0 spiro atoms. The van der Waals surface area contributed by atoms with Gasteiger partial charge in [0.15, 0.2) is 0 Å². The molecule has 1 aliphatic heterocycles. The molecule has 0 unspecified atom stereocenters. The Bertz CT molecular complexity index is 655. The lowest BCUT2D eigenvalue weighted by molar-refractivity contribution is -0.125. The van der Waals surface area contributed by atoms with Gasteiger partial charge in [0, 0.05) is 26.1 Å². The molecule has 1 aromatic rings. The van der Waals surface area contributed by atoms with Crippen LogP contribution in [0.3, 0.4) is 0 Å². The number of carbonyl (C=O) groups excluding carboxylic acids is 1. The highest BCUT2D eigenvalue weighted by Crippen LogP contribution is 2.30. The third kappa shape index (κ3) is 3.37. The van der Waals surface area contributed by atoms with E-state index in [1.165, 1.54) is 29.6 Å². The predicted octanol–water partition coefficient (Wildman–Crippen LogP) is 1.50. The summed E-state index contributed by atoms with van der Waals surface area (Å²) in [6, 6.07) is 4.40. The molecule has 0 aliphatic carbocycles. The van der Waals surface area contributed by atoms with Gasteiger partial charge >= 0.3 is 0 Å². The summed E-state index contributed by atoms with van der Waals surface area (Å²) in [5, 5.41) is 2.86. The molecular weight excluding hydrogens is 328 g/mol. The number of nitrogens with one attached hydrogen (secondary N) is 1. The van der Waals surface area contributed by atoms with Gasteiger partial charge in [0.05, 0.1) is 17.0 Å². The Hall–Kier alpha value is -1.31. The maximum Gasteiger partial charge on any atom is 0.243 e. The van der Waals surface area contributed by atoms with Crippen molar-refractivity contribution in [2.75, 3.05) is 27.2 Å². The number of carbonyl (C=O) groups is 1. The summed E-state index contributed by atoms with van der Waals surface area (Å²) in [6.45, 7) is 0.647. The zero-order valence-corrected chi connectivity index (χ0v) is 14.1. The Morgan fingerprint density at radius 2 is 2.00 bits per heavy atom. The van der Waals surface area contributed by atoms with Crippen LogP contribution in [0.1, 0.15) is 12.8 Å². The molecule has 1 aliphatic rings. The van der Waals surface area contributed by atoms with Gasteiger partial charge in [0.2, 0.25) is 15.9 Å². The lowest BCUT2D eigenvalue weighted by Crippen LogP contribution is -2.42. The maximum atomic E-state index is 12.6. The molecule has 1 saturated heterocycles. The first-order valence-corrected chi connectivity index (χ1v) is 8.77. The second-order valence-corrected chi connectivity index (χ2v) is 7.43. The van der Waals surface area contributed by atoms with Crippen LogP contribution < -0.4 is 10.1 Å². The summed E-state index contributed by atoms with van der Waals surface area (Å²) in [5.74, 6) is 0.263. The first-order chi connectivity index (χ1) is 10.4. The van der Waals surface area contributed by atoms with Crippen LogP contribution in [-0.2, 0) is 14.8 Å². The van der Waals surface area contributed by atoms with E-state index in [0.717, 1.165) is 0 Å². The Morgan fingerprint density at radius 1 is 1.36 bits per heavy atom. The third-order valence-corrected chi connectivity index (χ3v) is 6.02. The molecule has 1 heterocycles. The van der Waals surface area contributed by atoms with Crippen LogP contribution in [0, 0.1) is 5.92 Å². The standard InChI is InChI=1S/C14H19ClN2O4S/c1-16-14(18)10-5-7-17(8-6-10)22(19,20)11-3-4-13(21-2)12(15)9-11/h3-4,9-10H,5-8H2,1-2H3,(H,16,18). The largest absolute Gasteiger partial charge is 0.495 e. The van der Waals surface area contributed by atoms with Gasteiger partial charge in [-0.25, -0.2) is 8.42 Å². The maximum absolute atomic E-state index is 12.6. The fourth-order valence-electron chi connectivity index (χ4n) is 2.52. The van der Waals surface area contributed by atoms with Crippen molar-refractivity contribution < 1.29 is 17.9 Å². The Morgan fingerprint density at radius 3 is 2.50 bits per heavy atom. The monoisotopic (exact) mass is 346 g/mol. The first kappa shape index (κ1) is 17.1. The van der Waals surface area contributed by atoms with Gasteiger partial charge in [-0.2, -0.15) is 4.31 Å². The molecule has 22 heavy (non-hydrogen) atoms. The zero-order valence-electron chi connectivity index (χ0n) is 12.5. The van der Waals surface area contributed by atoms with Crippen molar-refractivity contribution in [3.05, 3.63) is 23.2 Å². The van der Waals surface area contributed by atoms with E-state index in [0.29, 0.717) is 31.7 Å². The van der Waals surface area contributed by atoms with E-state index in [-0.39, 0.29) is 21.7 Å². The number of hydrogen-bond donors (Lipinski definition) is 1. The molecule has 0 atom stereocenters. The highest BCUT2D eigenvalue weighted by molar-refractivity contribution is 7.89. The van der Waals surface area contributed by atoms with Crippen molar-refractivity contribution in [2.24, 2.45) is 5.92 Å². The van der Waals surface area contributed by atoms with Crippen molar-refractivity contribution >= 4 is 27.5 Å². The predicted molar refractivity (Wildman–Crippen MR) is 83.6 cm³/mol. The van der Waals surface area contributed by atoms with Gasteiger partial charge in [-0.1, -0.05) is 11.6 Å². The number of hydrogen-bond acceptors (Lipinski definition) is 4. The second kappa shape index (κ2) is 6.85. The average Bonchev–Trinajstić information content (AvgIpc) is 2.54. The normalized spacial score (nSPS) is 17.2. The van der Waals surface area contributed by atoms with Crippen LogP contribution in [0.25, 0.3) is 0 Å². The van der Waals surface area contributed by atoms with E-state index in [1.807, 2.05) is 0 Å². The lowest BCUT2D eigenvalue weighted by atomic mass is 9.97. The van der Waals surface area contributed by atoms with Crippen LogP contribution in [0.4, 0.5) is 0 Å². The van der Waals surface area contributed by atoms with Crippen LogP contribution in [-0.4, -0.2) is 45.9 Å². The molecule has 1 amide bonds. The van der Waals surface area contributed by atoms with Crippen molar-refractivity contribution in [1.82, 2.24) is 9.62 Å². The molecule has 1 N–H and O–H groups in total. The highest BCUT2D eigenvalue weighted by Gasteiger charge is 2.32. The fourth-order valence-corrected chi connectivity index (χ4v) is 4.34. The topological polar surface area (TPSA) is 75.7 Å². The van der Waals surface area contributed by atoms with Crippen LogP contribution >= 0.6 is 11.6 Å². The van der Waals surface area contributed by atoms with E-state index >= 15 is 0 Å². The number of sulfonamides is 1. The van der Waals surface area contributed by atoms with E-state index in [9.17, 15) is 13.2 Å². The van der Waals surface area contributed by atoms with Gasteiger partial charge in [-0.05, 0) is 31.0 Å². The minimum atomic E-state index is -3.60. The summed E-state index contributed by atoms with van der Waals surface area (Å²) in [5.41, 5.74) is 0. The summed E-state index contributed by atoms with van der Waals surface area (Å²) in [4.78, 5) is 11.7. The molecule has 8 heteroatoms. The number of methoxy groups -OCH3 is 1. The molecule has 6 nitrogen and oxygen atoms in total. The second-order valence-electron chi connectivity index (χ2n) is 5.09. The number of ether oxygens (including phenoxy) is 1. The van der Waals surface area contributed by atoms with E-state index in [1.54, 1.807) is 7.05 Å². The lowest BCUT2D eigenvalue weighted by Gasteiger charge is -2.30. The van der Waals surface area contributed by atoms with Crippen LogP contribution in [0.2, 0.25) is 5.02 Å². The fraction of sp³-hybridized carbons (Fsp3) is 0.500. The number of halogens is 1. The van der Waals surface area contributed by atoms with Crippen molar-refractivity contribution in [2.45, 2.75) is 17.7 Å². The average molecular weight is 347 g/mol. The number of rotatable bonds is 4. The van der Waals surface area contributed by atoms with Crippen LogP contribution in [0.15, 0.2) is 23.1 Å². The van der Waals surface area contributed by atoms with Gasteiger partial charge in [0.25, 0.3) is 0 Å². The highest BCUT2D eigenvalue weighted by atomic mass is 35.5. The molecule has 0 bridgehead atoms. The SMILES string of the molecule is CNC(=O)C1CCN(S(=O)(=O)c2ccc(OC)c(Cl)c2)CC1. The molecular formula is C14H19ClN2O4S. The molecule has 122 valence electrons. The Labute approximate surface area is 135 Å². The molecule has 0 radical (unpaired) electrons. The Balaban J connectivity index is 2.15. The minimum Gasteiger partial charge on any atom is -0.495 e. The van der Waals surface area contributed by atoms with E-state index in [2.05, 4.69) is 5.32 Å². The van der Waals surface area contributed by atoms with E-state index in [4.69, 9.17) is 16.3 Å². The first-order valence-electron chi connectivity index (χ1n) is 6.95. The smallest absolute Gasteiger partial charge is 0.243 e. The summed E-state index contributed by atoms with van der Waals surface area (Å²) < 4.78 is 31.6. The number of nitrogens with zero attached hydrogens (tertiary/aromatic N) is 1. The summed E-state index contributed by atoms with van der Waals surface area (Å²) >= 11 is 6.00. The molecule has 0 saturated carbocycles. The van der Waals surface area contributed by atoms with Crippen molar-refractivity contribution in [1.29, 1.82) is 0 Å². The van der Waals surface area contributed by atoms with Gasteiger partial charge in [-0.15, -0.1) is 0 Å². The van der Waals surface area contributed by atoms with Gasteiger partial charge in [0.1, 0.15) is 5.75 Å². The molecule has 1 fully saturated rings. The van der Waals surface area contributed by atoms with Gasteiger partial charge < -0.3 is 10.1 Å². The summed E-state index contributed by atoms with van der Waals surface area (Å²) in [6.07, 6.45) is 1.03. The molecule has 2 rings (SSSR count). The minimum absolute atomic E-state index is 0.0375. The number of amides is 1.